The average Bonchev–Trinajstić information content (AvgIpc) is 1.82. The van der Waals surface area contributed by atoms with E-state index in [1.165, 1.54) is 0 Å². The number of aliphatic hydroxyl groups is 1. The first-order chi connectivity index (χ1) is 4.22. The lowest BCUT2D eigenvalue weighted by Crippen LogP contribution is -2.33. The second-order valence-corrected chi connectivity index (χ2v) is 3.17. The summed E-state index contributed by atoms with van der Waals surface area (Å²) in [6.45, 7) is 0.258. The molecule has 1 N–H and O–H groups in total. The second-order valence-electron chi connectivity index (χ2n) is 2.26. The molecule has 1 atom stereocenters. The van der Waals surface area contributed by atoms with Gasteiger partial charge >= 0.3 is 0 Å². The van der Waals surface area contributed by atoms with Gasteiger partial charge in [-0.1, -0.05) is 0 Å². The molecule has 0 unspecified atom stereocenters. The number of aliphatic hydroxyl groups excluding tert-OH is 1. The lowest BCUT2D eigenvalue weighted by atomic mass is 10.3. The van der Waals surface area contributed by atoms with Crippen molar-refractivity contribution in [2.45, 2.75) is 6.04 Å². The summed E-state index contributed by atoms with van der Waals surface area (Å²) in [6, 6.07) is 0.319. The van der Waals surface area contributed by atoms with Crippen molar-refractivity contribution in [2.75, 3.05) is 32.7 Å². The molecule has 9 heavy (non-hydrogen) atoms. The number of thioether (sulfide) groups is 1. The van der Waals surface area contributed by atoms with Gasteiger partial charge in [0.15, 0.2) is 0 Å². The molecule has 0 heterocycles. The average molecular weight is 149 g/mol. The van der Waals surface area contributed by atoms with Crippen LogP contribution in [0.2, 0.25) is 0 Å². The molecule has 0 fully saturated rings. The molecule has 0 aliphatic carbocycles. The summed E-state index contributed by atoms with van der Waals surface area (Å²) >= 11 is 1.76. The molecule has 0 aliphatic heterocycles. The van der Waals surface area contributed by atoms with Crippen LogP contribution in [0.25, 0.3) is 0 Å². The fraction of sp³-hybridized carbons (Fsp3) is 1.00. The van der Waals surface area contributed by atoms with Gasteiger partial charge in [-0.05, 0) is 20.4 Å². The van der Waals surface area contributed by atoms with E-state index >= 15 is 0 Å². The summed E-state index contributed by atoms with van der Waals surface area (Å²) in [7, 11) is 3.97. The van der Waals surface area contributed by atoms with Crippen molar-refractivity contribution in [2.24, 2.45) is 0 Å². The van der Waals surface area contributed by atoms with E-state index in [0.29, 0.717) is 6.04 Å². The zero-order valence-electron chi connectivity index (χ0n) is 6.29. The van der Waals surface area contributed by atoms with Crippen molar-refractivity contribution >= 4 is 11.8 Å². The zero-order valence-corrected chi connectivity index (χ0v) is 7.11. The Morgan fingerprint density at radius 1 is 1.56 bits per heavy atom. The van der Waals surface area contributed by atoms with Crippen molar-refractivity contribution < 1.29 is 5.11 Å². The maximum Gasteiger partial charge on any atom is 0.0594 e. The van der Waals surface area contributed by atoms with E-state index in [-0.39, 0.29) is 6.61 Å². The topological polar surface area (TPSA) is 23.5 Å². The maximum atomic E-state index is 8.77. The van der Waals surface area contributed by atoms with Gasteiger partial charge in [0.25, 0.3) is 0 Å². The third-order valence-electron chi connectivity index (χ3n) is 1.30. The van der Waals surface area contributed by atoms with Gasteiger partial charge in [0.05, 0.1) is 6.61 Å². The summed E-state index contributed by atoms with van der Waals surface area (Å²) < 4.78 is 0. The number of nitrogens with zero attached hydrogens (tertiary/aromatic N) is 1. The third kappa shape index (κ3) is 3.78. The number of likely N-dealkylation sites (N-methyl/N-ethyl adjacent to an activating group) is 1. The van der Waals surface area contributed by atoms with Crippen molar-refractivity contribution in [3.8, 4) is 0 Å². The van der Waals surface area contributed by atoms with E-state index in [1.807, 2.05) is 25.3 Å². The highest BCUT2D eigenvalue weighted by Gasteiger charge is 2.06. The number of hydrogen-bond acceptors (Lipinski definition) is 3. The van der Waals surface area contributed by atoms with Crippen LogP contribution >= 0.6 is 11.8 Å². The monoisotopic (exact) mass is 149 g/mol. The van der Waals surface area contributed by atoms with E-state index in [1.54, 1.807) is 11.8 Å². The molecular weight excluding hydrogens is 134 g/mol. The Labute approximate surface area is 61.2 Å². The van der Waals surface area contributed by atoms with Gasteiger partial charge in [-0.25, -0.2) is 0 Å². The molecule has 2 nitrogen and oxygen atoms in total. The van der Waals surface area contributed by atoms with E-state index < -0.39 is 0 Å². The lowest BCUT2D eigenvalue weighted by molar-refractivity contribution is 0.185. The molecule has 0 saturated carbocycles. The van der Waals surface area contributed by atoms with Crippen LogP contribution in [-0.2, 0) is 0 Å². The molecule has 0 bridgehead atoms. The van der Waals surface area contributed by atoms with Crippen molar-refractivity contribution in [3.63, 3.8) is 0 Å². The van der Waals surface area contributed by atoms with Crippen molar-refractivity contribution in [1.29, 1.82) is 0 Å². The van der Waals surface area contributed by atoms with Crippen LogP contribution in [-0.4, -0.2) is 48.8 Å². The largest absolute Gasteiger partial charge is 0.395 e. The quantitative estimate of drug-likeness (QED) is 0.621. The van der Waals surface area contributed by atoms with Gasteiger partial charge in [-0.15, -0.1) is 0 Å². The zero-order chi connectivity index (χ0) is 7.28. The molecule has 0 aliphatic rings. The fourth-order valence-corrected chi connectivity index (χ4v) is 1.35. The Morgan fingerprint density at radius 3 is 2.22 bits per heavy atom. The van der Waals surface area contributed by atoms with Crippen LogP contribution in [0.3, 0.4) is 0 Å². The molecular formula is C6H15NOS. The Bertz CT molecular complexity index is 68.1. The van der Waals surface area contributed by atoms with E-state index in [9.17, 15) is 0 Å². The van der Waals surface area contributed by atoms with Gasteiger partial charge in [-0.3, -0.25) is 0 Å². The van der Waals surface area contributed by atoms with Gasteiger partial charge < -0.3 is 10.0 Å². The summed E-state index contributed by atoms with van der Waals surface area (Å²) in [5.74, 6) is 1.00. The molecule has 0 amide bonds. The van der Waals surface area contributed by atoms with Crippen LogP contribution in [0.5, 0.6) is 0 Å². The molecule has 0 spiro atoms. The Morgan fingerprint density at radius 2 is 2.11 bits per heavy atom. The van der Waals surface area contributed by atoms with Gasteiger partial charge in [0.1, 0.15) is 0 Å². The number of hydrogen-bond donors (Lipinski definition) is 1. The van der Waals surface area contributed by atoms with Crippen molar-refractivity contribution in [1.82, 2.24) is 4.90 Å². The van der Waals surface area contributed by atoms with Crippen LogP contribution in [0, 0.1) is 0 Å². The molecule has 0 aromatic rings. The highest BCUT2D eigenvalue weighted by Crippen LogP contribution is 2.00. The summed E-state index contributed by atoms with van der Waals surface area (Å²) in [5.41, 5.74) is 0. The summed E-state index contributed by atoms with van der Waals surface area (Å²) in [5, 5.41) is 8.77. The predicted molar refractivity (Wildman–Crippen MR) is 42.9 cm³/mol. The molecule has 0 saturated heterocycles. The summed E-state index contributed by atoms with van der Waals surface area (Å²) in [4.78, 5) is 2.04. The Hall–Kier alpha value is 0.270. The van der Waals surface area contributed by atoms with Crippen LogP contribution in [0.1, 0.15) is 0 Å². The molecule has 56 valence electrons. The first-order valence-electron chi connectivity index (χ1n) is 2.98. The SMILES string of the molecule is CSC[C@@H](CO)N(C)C. The van der Waals surface area contributed by atoms with E-state index in [4.69, 9.17) is 5.11 Å². The predicted octanol–water partition coefficient (Wildman–Crippen LogP) is 0.272. The normalized spacial score (nSPS) is 14.3. The smallest absolute Gasteiger partial charge is 0.0594 e. The summed E-state index contributed by atoms with van der Waals surface area (Å²) in [6.07, 6.45) is 2.05. The molecule has 0 aromatic carbocycles. The molecule has 0 aromatic heterocycles. The Kier molecular flexibility index (Phi) is 5.24. The first-order valence-corrected chi connectivity index (χ1v) is 4.38. The standard InChI is InChI=1S/C6H15NOS/c1-7(2)6(4-8)5-9-3/h6,8H,4-5H2,1-3H3/t6-/m1/s1. The van der Waals surface area contributed by atoms with Gasteiger partial charge in [0, 0.05) is 11.8 Å². The second kappa shape index (κ2) is 5.09. The fourth-order valence-electron chi connectivity index (χ4n) is 0.557. The Balaban J connectivity index is 3.41. The molecule has 0 rings (SSSR count). The first kappa shape index (κ1) is 9.27. The number of rotatable bonds is 4. The molecule has 0 radical (unpaired) electrons. The lowest BCUT2D eigenvalue weighted by Gasteiger charge is -2.20. The maximum absolute atomic E-state index is 8.77. The van der Waals surface area contributed by atoms with Crippen molar-refractivity contribution in [3.05, 3.63) is 0 Å². The minimum atomic E-state index is 0.258. The van der Waals surface area contributed by atoms with Gasteiger partial charge in [-0.2, -0.15) is 11.8 Å². The minimum absolute atomic E-state index is 0.258. The highest BCUT2D eigenvalue weighted by molar-refractivity contribution is 7.98. The van der Waals surface area contributed by atoms with E-state index in [2.05, 4.69) is 0 Å². The third-order valence-corrected chi connectivity index (χ3v) is 2.02. The molecule has 3 heteroatoms. The minimum Gasteiger partial charge on any atom is -0.395 e. The highest BCUT2D eigenvalue weighted by atomic mass is 32.2. The van der Waals surface area contributed by atoms with Crippen LogP contribution in [0.4, 0.5) is 0 Å². The van der Waals surface area contributed by atoms with Crippen LogP contribution in [0.15, 0.2) is 0 Å². The van der Waals surface area contributed by atoms with Gasteiger partial charge in [0.2, 0.25) is 0 Å². The van der Waals surface area contributed by atoms with Crippen LogP contribution < -0.4 is 0 Å². The van der Waals surface area contributed by atoms with E-state index in [0.717, 1.165) is 5.75 Å².